The van der Waals surface area contributed by atoms with Crippen molar-refractivity contribution in [2.45, 2.75) is 32.3 Å². The van der Waals surface area contributed by atoms with E-state index < -0.39 is 4.92 Å². The van der Waals surface area contributed by atoms with Crippen LogP contribution in [-0.2, 0) is 6.42 Å². The normalized spacial score (nSPS) is 15.3. The number of nitro benzene ring substituents is 1. The summed E-state index contributed by atoms with van der Waals surface area (Å²) in [4.78, 5) is 22.8. The zero-order valence-electron chi connectivity index (χ0n) is 14.6. The number of benzene rings is 2. The van der Waals surface area contributed by atoms with Crippen molar-refractivity contribution in [3.05, 3.63) is 69.3 Å². The molecule has 134 valence electrons. The Balaban J connectivity index is 1.84. The van der Waals surface area contributed by atoms with Gasteiger partial charge in [-0.2, -0.15) is 0 Å². The van der Waals surface area contributed by atoms with Gasteiger partial charge in [-0.1, -0.05) is 18.2 Å². The average molecular weight is 353 g/mol. The molecule has 0 atom stereocenters. The molecule has 1 aliphatic rings. The fourth-order valence-electron chi connectivity index (χ4n) is 2.89. The molecular formula is C20H19NO5. The Kier molecular flexibility index (Phi) is 4.50. The van der Waals surface area contributed by atoms with Crippen LogP contribution in [0.2, 0.25) is 0 Å². The van der Waals surface area contributed by atoms with Gasteiger partial charge in [-0.05, 0) is 50.0 Å². The third-order valence-corrected chi connectivity index (χ3v) is 4.34. The van der Waals surface area contributed by atoms with E-state index in [1.807, 2.05) is 13.8 Å². The number of rotatable bonds is 4. The van der Waals surface area contributed by atoms with Crippen molar-refractivity contribution < 1.29 is 19.6 Å². The van der Waals surface area contributed by atoms with Gasteiger partial charge >= 0.3 is 0 Å². The molecule has 2 aromatic rings. The van der Waals surface area contributed by atoms with Gasteiger partial charge in [0.2, 0.25) is 0 Å². The highest BCUT2D eigenvalue weighted by Gasteiger charge is 2.28. The van der Waals surface area contributed by atoms with E-state index in [0.717, 1.165) is 18.4 Å². The molecule has 0 radical (unpaired) electrons. The Morgan fingerprint density at radius 3 is 2.81 bits per heavy atom. The lowest BCUT2D eigenvalue weighted by molar-refractivity contribution is -0.384. The van der Waals surface area contributed by atoms with E-state index in [1.54, 1.807) is 18.2 Å². The van der Waals surface area contributed by atoms with Crippen molar-refractivity contribution in [3.8, 4) is 11.5 Å². The Hall–Kier alpha value is -3.15. The number of aryl methyl sites for hydroxylation is 1. The number of ether oxygens (including phenoxy) is 1. The molecule has 0 bridgehead atoms. The molecule has 0 aromatic heterocycles. The Morgan fingerprint density at radius 2 is 2.08 bits per heavy atom. The van der Waals surface area contributed by atoms with Gasteiger partial charge in [0.05, 0.1) is 10.5 Å². The van der Waals surface area contributed by atoms with E-state index >= 15 is 0 Å². The largest absolute Gasteiger partial charge is 0.507 e. The highest BCUT2D eigenvalue weighted by atomic mass is 16.6. The second-order valence-corrected chi connectivity index (χ2v) is 6.89. The zero-order valence-corrected chi connectivity index (χ0v) is 14.6. The van der Waals surface area contributed by atoms with Gasteiger partial charge in [0.25, 0.3) is 5.69 Å². The molecule has 26 heavy (non-hydrogen) atoms. The van der Waals surface area contributed by atoms with E-state index in [2.05, 4.69) is 0 Å². The van der Waals surface area contributed by atoms with Crippen molar-refractivity contribution in [2.24, 2.45) is 0 Å². The Bertz CT molecular complexity index is 914. The van der Waals surface area contributed by atoms with E-state index in [-0.39, 0.29) is 28.4 Å². The van der Waals surface area contributed by atoms with Gasteiger partial charge in [0.15, 0.2) is 5.78 Å². The summed E-state index contributed by atoms with van der Waals surface area (Å²) in [6, 6.07) is 9.12. The Labute approximate surface area is 150 Å². The van der Waals surface area contributed by atoms with Crippen LogP contribution >= 0.6 is 0 Å². The second kappa shape index (κ2) is 6.63. The number of hydrogen-bond acceptors (Lipinski definition) is 5. The predicted molar refractivity (Wildman–Crippen MR) is 97.6 cm³/mol. The summed E-state index contributed by atoms with van der Waals surface area (Å²) in [6.07, 6.45) is 4.38. The van der Waals surface area contributed by atoms with Crippen LogP contribution in [0.25, 0.3) is 6.08 Å². The van der Waals surface area contributed by atoms with Gasteiger partial charge in [0, 0.05) is 18.2 Å². The van der Waals surface area contributed by atoms with E-state index in [4.69, 9.17) is 4.74 Å². The van der Waals surface area contributed by atoms with Crippen LogP contribution in [0.1, 0.15) is 41.8 Å². The summed E-state index contributed by atoms with van der Waals surface area (Å²) in [5.41, 5.74) is 1.27. The topological polar surface area (TPSA) is 89.7 Å². The third kappa shape index (κ3) is 3.74. The number of phenolic OH excluding ortho intramolecular Hbond substituents is 1. The van der Waals surface area contributed by atoms with Gasteiger partial charge < -0.3 is 9.84 Å². The van der Waals surface area contributed by atoms with Crippen molar-refractivity contribution >= 4 is 17.5 Å². The smallest absolute Gasteiger partial charge is 0.270 e. The summed E-state index contributed by atoms with van der Waals surface area (Å²) in [6.45, 7) is 3.96. The first-order chi connectivity index (χ1) is 12.2. The number of nitrogens with zero attached hydrogens (tertiary/aromatic N) is 1. The fourth-order valence-corrected chi connectivity index (χ4v) is 2.89. The van der Waals surface area contributed by atoms with Crippen LogP contribution < -0.4 is 4.74 Å². The van der Waals surface area contributed by atoms with Crippen LogP contribution in [0.3, 0.4) is 0 Å². The number of carbonyl (C=O) groups excluding carboxylic acids is 1. The molecule has 6 nitrogen and oxygen atoms in total. The number of allylic oxidation sites excluding steroid dienone is 1. The number of phenols is 1. The van der Waals surface area contributed by atoms with Crippen LogP contribution in [0, 0.1) is 10.1 Å². The molecule has 2 aromatic carbocycles. The minimum absolute atomic E-state index is 0.0454. The molecule has 0 spiro atoms. The van der Waals surface area contributed by atoms with Crippen molar-refractivity contribution in [3.63, 3.8) is 0 Å². The molecule has 1 aliphatic heterocycles. The minimum Gasteiger partial charge on any atom is -0.507 e. The number of carbonyl (C=O) groups is 1. The van der Waals surface area contributed by atoms with Gasteiger partial charge in [0.1, 0.15) is 17.1 Å². The molecule has 1 N–H and O–H groups in total. The highest BCUT2D eigenvalue weighted by molar-refractivity contribution is 6.08. The standard InChI is InChI=1S/C20H19NO5/c1-20(2)9-8-14-11-16(18(23)12-19(14)26-20)17(22)7-6-13-4-3-5-15(10-13)21(24)25/h3-7,10-12,23H,8-9H2,1-2H3/b7-6+. The molecule has 1 heterocycles. The summed E-state index contributed by atoms with van der Waals surface area (Å²) in [7, 11) is 0. The molecule has 0 unspecified atom stereocenters. The average Bonchev–Trinajstić information content (AvgIpc) is 2.58. The minimum atomic E-state index is -0.490. The molecule has 6 heteroatoms. The molecule has 0 aliphatic carbocycles. The highest BCUT2D eigenvalue weighted by Crippen LogP contribution is 2.37. The maximum absolute atomic E-state index is 12.4. The quantitative estimate of drug-likeness (QED) is 0.383. The maximum Gasteiger partial charge on any atom is 0.270 e. The number of nitro groups is 1. The third-order valence-electron chi connectivity index (χ3n) is 4.34. The van der Waals surface area contributed by atoms with E-state index in [1.165, 1.54) is 30.4 Å². The van der Waals surface area contributed by atoms with Crippen molar-refractivity contribution in [1.29, 1.82) is 0 Å². The lowest BCUT2D eigenvalue weighted by Gasteiger charge is -2.32. The van der Waals surface area contributed by atoms with Crippen molar-refractivity contribution in [2.75, 3.05) is 0 Å². The summed E-state index contributed by atoms with van der Waals surface area (Å²) < 4.78 is 5.85. The molecule has 0 fully saturated rings. The summed E-state index contributed by atoms with van der Waals surface area (Å²) in [5, 5.41) is 21.0. The van der Waals surface area contributed by atoms with Crippen LogP contribution in [-0.4, -0.2) is 21.4 Å². The SMILES string of the molecule is CC1(C)CCc2cc(C(=O)/C=C/c3cccc([N+](=O)[O-])c3)c(O)cc2O1. The number of fused-ring (bicyclic) bond motifs is 1. The molecule has 0 saturated heterocycles. The van der Waals surface area contributed by atoms with Crippen LogP contribution in [0.5, 0.6) is 11.5 Å². The van der Waals surface area contributed by atoms with Gasteiger partial charge in [-0.25, -0.2) is 0 Å². The first-order valence-corrected chi connectivity index (χ1v) is 8.27. The fraction of sp³-hybridized carbons (Fsp3) is 0.250. The maximum atomic E-state index is 12.4. The zero-order chi connectivity index (χ0) is 18.9. The molecule has 3 rings (SSSR count). The summed E-state index contributed by atoms with van der Waals surface area (Å²) >= 11 is 0. The number of ketones is 1. The number of aromatic hydroxyl groups is 1. The summed E-state index contributed by atoms with van der Waals surface area (Å²) in [5.74, 6) is 0.0785. The van der Waals surface area contributed by atoms with Gasteiger partial charge in [-0.15, -0.1) is 0 Å². The second-order valence-electron chi connectivity index (χ2n) is 6.89. The Morgan fingerprint density at radius 1 is 1.31 bits per heavy atom. The van der Waals surface area contributed by atoms with Gasteiger partial charge in [-0.3, -0.25) is 14.9 Å². The number of non-ortho nitro benzene ring substituents is 1. The monoisotopic (exact) mass is 353 g/mol. The van der Waals surface area contributed by atoms with E-state index in [9.17, 15) is 20.0 Å². The molecular weight excluding hydrogens is 334 g/mol. The lowest BCUT2D eigenvalue weighted by atomic mass is 9.92. The first kappa shape index (κ1) is 17.7. The van der Waals surface area contributed by atoms with E-state index in [0.29, 0.717) is 11.3 Å². The van der Waals surface area contributed by atoms with Crippen molar-refractivity contribution in [1.82, 2.24) is 0 Å². The lowest BCUT2D eigenvalue weighted by Crippen LogP contribution is -2.32. The number of hydrogen-bond donors (Lipinski definition) is 1. The first-order valence-electron chi connectivity index (χ1n) is 8.27. The molecule has 0 saturated carbocycles. The molecule has 0 amide bonds. The van der Waals surface area contributed by atoms with Crippen LogP contribution in [0.15, 0.2) is 42.5 Å². The van der Waals surface area contributed by atoms with Crippen LogP contribution in [0.4, 0.5) is 5.69 Å². The predicted octanol–water partition coefficient (Wildman–Crippen LogP) is 4.30.